The Bertz CT molecular complexity index is 529. The van der Waals surface area contributed by atoms with Gasteiger partial charge in [-0.3, -0.25) is 4.79 Å². The number of nitrogens with zero attached hydrogens (tertiary/aromatic N) is 1. The van der Waals surface area contributed by atoms with Gasteiger partial charge in [-0.05, 0) is 39.2 Å². The Labute approximate surface area is 138 Å². The second-order valence-corrected chi connectivity index (χ2v) is 6.95. The average Bonchev–Trinajstić information content (AvgIpc) is 2.52. The summed E-state index contributed by atoms with van der Waals surface area (Å²) in [5.74, 6) is 0.0371. The van der Waals surface area contributed by atoms with E-state index in [1.165, 1.54) is 0 Å². The van der Waals surface area contributed by atoms with Crippen molar-refractivity contribution >= 4 is 12.0 Å². The first kappa shape index (κ1) is 17.3. The quantitative estimate of drug-likeness (QED) is 0.932. The predicted molar refractivity (Wildman–Crippen MR) is 88.8 cm³/mol. The molecular weight excluding hydrogens is 292 g/mol. The summed E-state index contributed by atoms with van der Waals surface area (Å²) in [6.45, 7) is 7.25. The standard InChI is InChI=1S/C18H26N2O3/c1-18(2,3)23-17(22)20-11-9-15(10-12-20)16(21)19-13-14-7-5-4-6-8-14/h4-8,15H,9-13H2,1-3H3,(H,19,21). The van der Waals surface area contributed by atoms with Crippen LogP contribution in [0.5, 0.6) is 0 Å². The second-order valence-electron chi connectivity index (χ2n) is 6.95. The summed E-state index contributed by atoms with van der Waals surface area (Å²) in [4.78, 5) is 25.9. The second kappa shape index (κ2) is 7.49. The number of hydrogen-bond donors (Lipinski definition) is 1. The number of rotatable bonds is 3. The summed E-state index contributed by atoms with van der Waals surface area (Å²) in [5, 5.41) is 2.98. The maximum absolute atomic E-state index is 12.2. The van der Waals surface area contributed by atoms with Crippen LogP contribution in [0, 0.1) is 5.92 Å². The van der Waals surface area contributed by atoms with Gasteiger partial charge >= 0.3 is 6.09 Å². The van der Waals surface area contributed by atoms with Gasteiger partial charge in [0, 0.05) is 25.6 Å². The van der Waals surface area contributed by atoms with E-state index in [1.807, 2.05) is 51.1 Å². The van der Waals surface area contributed by atoms with E-state index in [9.17, 15) is 9.59 Å². The van der Waals surface area contributed by atoms with Crippen molar-refractivity contribution in [3.05, 3.63) is 35.9 Å². The highest BCUT2D eigenvalue weighted by Gasteiger charge is 2.29. The van der Waals surface area contributed by atoms with Gasteiger partial charge in [0.1, 0.15) is 5.60 Å². The van der Waals surface area contributed by atoms with Gasteiger partial charge in [-0.2, -0.15) is 0 Å². The van der Waals surface area contributed by atoms with Gasteiger partial charge in [-0.1, -0.05) is 30.3 Å². The van der Waals surface area contributed by atoms with Crippen molar-refractivity contribution in [3.63, 3.8) is 0 Å². The maximum Gasteiger partial charge on any atom is 0.410 e. The fourth-order valence-corrected chi connectivity index (χ4v) is 2.58. The van der Waals surface area contributed by atoms with Crippen LogP contribution in [0.2, 0.25) is 0 Å². The molecule has 2 amide bonds. The van der Waals surface area contributed by atoms with Gasteiger partial charge in [0.2, 0.25) is 5.91 Å². The fourth-order valence-electron chi connectivity index (χ4n) is 2.58. The Hall–Kier alpha value is -2.04. The number of ether oxygens (including phenoxy) is 1. The van der Waals surface area contributed by atoms with Gasteiger partial charge in [0.05, 0.1) is 0 Å². The van der Waals surface area contributed by atoms with Crippen molar-refractivity contribution in [3.8, 4) is 0 Å². The molecule has 126 valence electrons. The van der Waals surface area contributed by atoms with Gasteiger partial charge in [0.15, 0.2) is 0 Å². The molecule has 5 nitrogen and oxygen atoms in total. The van der Waals surface area contributed by atoms with Crippen LogP contribution in [0.15, 0.2) is 30.3 Å². The molecule has 5 heteroatoms. The third-order valence-electron chi connectivity index (χ3n) is 3.83. The molecule has 1 N–H and O–H groups in total. The Balaban J connectivity index is 1.75. The van der Waals surface area contributed by atoms with Gasteiger partial charge in [-0.15, -0.1) is 0 Å². The highest BCUT2D eigenvalue weighted by Crippen LogP contribution is 2.20. The van der Waals surface area contributed by atoms with Gasteiger partial charge in [-0.25, -0.2) is 4.79 Å². The lowest BCUT2D eigenvalue weighted by Gasteiger charge is -2.32. The molecule has 0 aliphatic carbocycles. The molecule has 0 bridgehead atoms. The Morgan fingerprint density at radius 2 is 1.78 bits per heavy atom. The minimum atomic E-state index is -0.485. The van der Waals surface area contributed by atoms with Crippen molar-refractivity contribution in [2.24, 2.45) is 5.92 Å². The topological polar surface area (TPSA) is 58.6 Å². The van der Waals surface area contributed by atoms with Crippen LogP contribution in [0.3, 0.4) is 0 Å². The Morgan fingerprint density at radius 1 is 1.17 bits per heavy atom. The fraction of sp³-hybridized carbons (Fsp3) is 0.556. The predicted octanol–water partition coefficient (Wildman–Crippen LogP) is 2.95. The number of nitrogens with one attached hydrogen (secondary N) is 1. The molecule has 2 rings (SSSR count). The molecular formula is C18H26N2O3. The summed E-state index contributed by atoms with van der Waals surface area (Å²) in [6, 6.07) is 9.86. The van der Waals surface area contributed by atoms with Crippen molar-refractivity contribution in [1.82, 2.24) is 10.2 Å². The summed E-state index contributed by atoms with van der Waals surface area (Å²) in [6.07, 6.45) is 1.07. The number of carbonyl (C=O) groups excluding carboxylic acids is 2. The molecule has 1 heterocycles. The van der Waals surface area contributed by atoms with Crippen molar-refractivity contribution in [2.75, 3.05) is 13.1 Å². The number of benzene rings is 1. The maximum atomic E-state index is 12.2. The molecule has 0 unspecified atom stereocenters. The summed E-state index contributed by atoms with van der Waals surface area (Å²) >= 11 is 0. The molecule has 0 spiro atoms. The minimum Gasteiger partial charge on any atom is -0.444 e. The van der Waals surface area contributed by atoms with E-state index < -0.39 is 5.60 Å². The number of carbonyl (C=O) groups is 2. The Morgan fingerprint density at radius 3 is 2.35 bits per heavy atom. The van der Waals surface area contributed by atoms with Crippen LogP contribution in [0.4, 0.5) is 4.79 Å². The molecule has 0 radical (unpaired) electrons. The molecule has 1 saturated heterocycles. The monoisotopic (exact) mass is 318 g/mol. The van der Waals surface area contributed by atoms with Crippen molar-refractivity contribution in [2.45, 2.75) is 45.8 Å². The molecule has 23 heavy (non-hydrogen) atoms. The molecule has 0 atom stereocenters. The number of hydrogen-bond acceptors (Lipinski definition) is 3. The lowest BCUT2D eigenvalue weighted by Crippen LogP contribution is -2.44. The van der Waals surface area contributed by atoms with Gasteiger partial charge in [0.25, 0.3) is 0 Å². The molecule has 0 aromatic heterocycles. The third kappa shape index (κ3) is 5.58. The molecule has 0 saturated carbocycles. The van der Waals surface area contributed by atoms with Crippen LogP contribution in [-0.4, -0.2) is 35.6 Å². The van der Waals surface area contributed by atoms with Crippen LogP contribution < -0.4 is 5.32 Å². The van der Waals surface area contributed by atoms with Crippen LogP contribution >= 0.6 is 0 Å². The zero-order valence-electron chi connectivity index (χ0n) is 14.2. The highest BCUT2D eigenvalue weighted by atomic mass is 16.6. The lowest BCUT2D eigenvalue weighted by atomic mass is 9.96. The minimum absolute atomic E-state index is 0.0302. The first-order valence-corrected chi connectivity index (χ1v) is 8.15. The van der Waals surface area contributed by atoms with E-state index in [1.54, 1.807) is 4.90 Å². The number of piperidine rings is 1. The van der Waals surface area contributed by atoms with Crippen LogP contribution in [-0.2, 0) is 16.1 Å². The van der Waals surface area contributed by atoms with E-state index in [2.05, 4.69) is 5.32 Å². The van der Waals surface area contributed by atoms with Crippen LogP contribution in [0.25, 0.3) is 0 Å². The number of likely N-dealkylation sites (tertiary alicyclic amines) is 1. The van der Waals surface area contributed by atoms with E-state index >= 15 is 0 Å². The van der Waals surface area contributed by atoms with E-state index in [4.69, 9.17) is 4.74 Å². The summed E-state index contributed by atoms with van der Waals surface area (Å²) in [7, 11) is 0. The zero-order chi connectivity index (χ0) is 16.9. The highest BCUT2D eigenvalue weighted by molar-refractivity contribution is 5.79. The van der Waals surface area contributed by atoms with E-state index in [-0.39, 0.29) is 17.9 Å². The largest absolute Gasteiger partial charge is 0.444 e. The van der Waals surface area contributed by atoms with Crippen LogP contribution in [0.1, 0.15) is 39.2 Å². The SMILES string of the molecule is CC(C)(C)OC(=O)N1CCC(C(=O)NCc2ccccc2)CC1. The summed E-state index contributed by atoms with van der Waals surface area (Å²) < 4.78 is 5.36. The average molecular weight is 318 g/mol. The Kier molecular flexibility index (Phi) is 5.64. The smallest absolute Gasteiger partial charge is 0.410 e. The first-order chi connectivity index (χ1) is 10.8. The summed E-state index contributed by atoms with van der Waals surface area (Å²) in [5.41, 5.74) is 0.605. The molecule has 1 aliphatic rings. The van der Waals surface area contributed by atoms with Gasteiger partial charge < -0.3 is 15.0 Å². The van der Waals surface area contributed by atoms with Crippen molar-refractivity contribution in [1.29, 1.82) is 0 Å². The number of amides is 2. The molecule has 1 aliphatic heterocycles. The first-order valence-electron chi connectivity index (χ1n) is 8.15. The van der Waals surface area contributed by atoms with Crippen molar-refractivity contribution < 1.29 is 14.3 Å². The third-order valence-corrected chi connectivity index (χ3v) is 3.83. The molecule has 1 aromatic carbocycles. The zero-order valence-corrected chi connectivity index (χ0v) is 14.2. The molecule has 1 aromatic rings. The molecule has 1 fully saturated rings. The van der Waals surface area contributed by atoms with E-state index in [0.717, 1.165) is 5.56 Å². The normalized spacial score (nSPS) is 16.0. The van der Waals surface area contributed by atoms with E-state index in [0.29, 0.717) is 32.5 Å². The lowest BCUT2D eigenvalue weighted by molar-refractivity contribution is -0.126.